The molecule has 0 saturated carbocycles. The van der Waals surface area contributed by atoms with E-state index in [2.05, 4.69) is 22.3 Å². The Morgan fingerprint density at radius 2 is 2.32 bits per heavy atom. The highest BCUT2D eigenvalue weighted by Gasteiger charge is 2.14. The Bertz CT molecular complexity index is 661. The van der Waals surface area contributed by atoms with Crippen LogP contribution in [0.3, 0.4) is 0 Å². The van der Waals surface area contributed by atoms with Crippen LogP contribution in [0.5, 0.6) is 0 Å². The zero-order valence-electron chi connectivity index (χ0n) is 10.6. The molecule has 0 radical (unpaired) electrons. The fraction of sp³-hybridized carbons (Fsp3) is 0.231. The van der Waals surface area contributed by atoms with E-state index in [1.165, 1.54) is 11.3 Å². The maximum Gasteiger partial charge on any atom is 0.268 e. The molecule has 0 fully saturated rings. The molecule has 0 atom stereocenters. The lowest BCUT2D eigenvalue weighted by molar-refractivity contribution is 0.102. The minimum Gasteiger partial charge on any atom is -0.338 e. The third kappa shape index (κ3) is 3.02. The van der Waals surface area contributed by atoms with Gasteiger partial charge < -0.3 is 10.3 Å². The van der Waals surface area contributed by atoms with Gasteiger partial charge in [0.05, 0.1) is 22.0 Å². The van der Waals surface area contributed by atoms with Crippen molar-refractivity contribution in [3.63, 3.8) is 0 Å². The molecule has 3 N–H and O–H groups in total. The normalized spacial score (nSPS) is 9.84. The van der Waals surface area contributed by atoms with Gasteiger partial charge in [0.25, 0.3) is 5.91 Å². The number of anilines is 1. The summed E-state index contributed by atoms with van der Waals surface area (Å²) in [6.07, 6.45) is 0. The summed E-state index contributed by atoms with van der Waals surface area (Å²) < 4.78 is 5.04. The Morgan fingerprint density at radius 3 is 2.95 bits per heavy atom. The van der Waals surface area contributed by atoms with Crippen molar-refractivity contribution < 1.29 is 9.32 Å². The van der Waals surface area contributed by atoms with E-state index in [9.17, 15) is 4.79 Å². The number of rotatable bonds is 2. The van der Waals surface area contributed by atoms with E-state index in [1.54, 1.807) is 12.1 Å². The summed E-state index contributed by atoms with van der Waals surface area (Å²) in [4.78, 5) is 13.4. The van der Waals surface area contributed by atoms with Crippen LogP contribution in [-0.4, -0.2) is 17.6 Å². The van der Waals surface area contributed by atoms with E-state index in [-0.39, 0.29) is 5.91 Å². The second-order valence-electron chi connectivity index (χ2n) is 3.85. The number of carbonyl (C=O) groups is 1. The van der Waals surface area contributed by atoms with Gasteiger partial charge in [0.15, 0.2) is 0 Å². The van der Waals surface area contributed by atoms with Crippen LogP contribution in [0.1, 0.15) is 25.8 Å². The standard InChI is InChI=1S/C13H13N3O2S/c1-8-9(2)16-18-13(8)15-12(17)11-6-5-10(19-11)4-3-7-14/h5-6H,7,14H2,1-2H3,(H,15,17). The number of nitrogens with two attached hydrogens (primary N) is 1. The van der Waals surface area contributed by atoms with Gasteiger partial charge >= 0.3 is 0 Å². The smallest absolute Gasteiger partial charge is 0.268 e. The Labute approximate surface area is 114 Å². The molecule has 0 aromatic carbocycles. The van der Waals surface area contributed by atoms with Gasteiger partial charge in [-0.25, -0.2) is 0 Å². The number of aromatic nitrogens is 1. The molecule has 2 aromatic heterocycles. The summed E-state index contributed by atoms with van der Waals surface area (Å²) in [5.41, 5.74) is 6.88. The van der Waals surface area contributed by atoms with Crippen molar-refractivity contribution in [1.82, 2.24) is 5.16 Å². The van der Waals surface area contributed by atoms with Crippen molar-refractivity contribution in [2.45, 2.75) is 13.8 Å². The summed E-state index contributed by atoms with van der Waals surface area (Å²) in [5, 5.41) is 6.47. The highest BCUT2D eigenvalue weighted by molar-refractivity contribution is 7.14. The molecular formula is C13H13N3O2S. The van der Waals surface area contributed by atoms with E-state index in [0.29, 0.717) is 17.3 Å². The first kappa shape index (κ1) is 13.3. The number of nitrogens with one attached hydrogen (secondary N) is 1. The summed E-state index contributed by atoms with van der Waals surface area (Å²) >= 11 is 1.31. The van der Waals surface area contributed by atoms with Crippen LogP contribution in [-0.2, 0) is 0 Å². The van der Waals surface area contributed by atoms with Crippen molar-refractivity contribution in [2.75, 3.05) is 11.9 Å². The predicted octanol–water partition coefficient (Wildman–Crippen LogP) is 1.92. The van der Waals surface area contributed by atoms with Gasteiger partial charge in [0.2, 0.25) is 5.88 Å². The molecule has 1 amide bonds. The Kier molecular flexibility index (Phi) is 4.00. The summed E-state index contributed by atoms with van der Waals surface area (Å²) in [7, 11) is 0. The second kappa shape index (κ2) is 5.69. The summed E-state index contributed by atoms with van der Waals surface area (Å²) in [5.74, 6) is 5.78. The summed E-state index contributed by atoms with van der Waals surface area (Å²) in [6.45, 7) is 3.96. The van der Waals surface area contributed by atoms with E-state index in [0.717, 1.165) is 16.1 Å². The topological polar surface area (TPSA) is 81.2 Å². The quantitative estimate of drug-likeness (QED) is 0.820. The molecule has 2 heterocycles. The fourth-order valence-electron chi connectivity index (χ4n) is 1.36. The first-order chi connectivity index (χ1) is 9.11. The Hall–Kier alpha value is -2.10. The van der Waals surface area contributed by atoms with Crippen LogP contribution in [0.25, 0.3) is 0 Å². The lowest BCUT2D eigenvalue weighted by atomic mass is 10.3. The molecule has 0 aliphatic rings. The monoisotopic (exact) mass is 275 g/mol. The minimum absolute atomic E-state index is 0.231. The average molecular weight is 275 g/mol. The van der Waals surface area contributed by atoms with Crippen LogP contribution >= 0.6 is 11.3 Å². The first-order valence-electron chi connectivity index (χ1n) is 5.65. The number of hydrogen-bond donors (Lipinski definition) is 2. The largest absolute Gasteiger partial charge is 0.338 e. The number of hydrogen-bond acceptors (Lipinski definition) is 5. The van der Waals surface area contributed by atoms with Gasteiger partial charge in [-0.2, -0.15) is 0 Å². The molecule has 2 aromatic rings. The second-order valence-corrected chi connectivity index (χ2v) is 4.93. The van der Waals surface area contributed by atoms with Crippen LogP contribution in [0, 0.1) is 25.7 Å². The van der Waals surface area contributed by atoms with Crippen LogP contribution in [0.15, 0.2) is 16.7 Å². The third-order valence-corrected chi connectivity index (χ3v) is 3.53. The Morgan fingerprint density at radius 1 is 1.53 bits per heavy atom. The Balaban J connectivity index is 2.12. The maximum atomic E-state index is 12.0. The van der Waals surface area contributed by atoms with Gasteiger partial charge in [-0.05, 0) is 26.0 Å². The molecule has 0 unspecified atom stereocenters. The number of nitrogens with zero attached hydrogens (tertiary/aromatic N) is 1. The number of amides is 1. The summed E-state index contributed by atoms with van der Waals surface area (Å²) in [6, 6.07) is 3.51. The van der Waals surface area contributed by atoms with Gasteiger partial charge in [0.1, 0.15) is 0 Å². The van der Waals surface area contributed by atoms with Gasteiger partial charge in [-0.1, -0.05) is 17.0 Å². The molecule has 0 spiro atoms. The van der Waals surface area contributed by atoms with E-state index >= 15 is 0 Å². The predicted molar refractivity (Wildman–Crippen MR) is 74.2 cm³/mol. The molecular weight excluding hydrogens is 262 g/mol. The van der Waals surface area contributed by atoms with E-state index < -0.39 is 0 Å². The van der Waals surface area contributed by atoms with Crippen LogP contribution < -0.4 is 11.1 Å². The van der Waals surface area contributed by atoms with Gasteiger partial charge in [0, 0.05) is 5.56 Å². The average Bonchev–Trinajstić information content (AvgIpc) is 2.98. The molecule has 19 heavy (non-hydrogen) atoms. The maximum absolute atomic E-state index is 12.0. The molecule has 0 saturated heterocycles. The van der Waals surface area contributed by atoms with Gasteiger partial charge in [-0.3, -0.25) is 10.1 Å². The van der Waals surface area contributed by atoms with Gasteiger partial charge in [-0.15, -0.1) is 11.3 Å². The van der Waals surface area contributed by atoms with Crippen molar-refractivity contribution in [3.05, 3.63) is 33.1 Å². The van der Waals surface area contributed by atoms with E-state index in [4.69, 9.17) is 10.3 Å². The van der Waals surface area contributed by atoms with Crippen molar-refractivity contribution in [3.8, 4) is 11.8 Å². The van der Waals surface area contributed by atoms with Crippen molar-refractivity contribution >= 4 is 23.1 Å². The van der Waals surface area contributed by atoms with Crippen LogP contribution in [0.2, 0.25) is 0 Å². The van der Waals surface area contributed by atoms with Crippen molar-refractivity contribution in [1.29, 1.82) is 0 Å². The molecule has 0 aliphatic heterocycles. The number of carbonyl (C=O) groups excluding carboxylic acids is 1. The third-order valence-electron chi connectivity index (χ3n) is 2.53. The zero-order chi connectivity index (χ0) is 13.8. The van der Waals surface area contributed by atoms with E-state index in [1.807, 2.05) is 13.8 Å². The number of aryl methyl sites for hydroxylation is 1. The minimum atomic E-state index is -0.231. The molecule has 6 heteroatoms. The highest BCUT2D eigenvalue weighted by atomic mass is 32.1. The molecule has 2 rings (SSSR count). The lowest BCUT2D eigenvalue weighted by Crippen LogP contribution is -2.10. The molecule has 0 aliphatic carbocycles. The highest BCUT2D eigenvalue weighted by Crippen LogP contribution is 2.21. The zero-order valence-corrected chi connectivity index (χ0v) is 11.4. The van der Waals surface area contributed by atoms with Crippen LogP contribution in [0.4, 0.5) is 5.88 Å². The first-order valence-corrected chi connectivity index (χ1v) is 6.46. The number of thiophene rings is 1. The molecule has 98 valence electrons. The fourth-order valence-corrected chi connectivity index (χ4v) is 2.14. The molecule has 0 bridgehead atoms. The van der Waals surface area contributed by atoms with Crippen molar-refractivity contribution in [2.24, 2.45) is 5.73 Å². The lowest BCUT2D eigenvalue weighted by Gasteiger charge is -1.98. The molecule has 5 nitrogen and oxygen atoms in total. The SMILES string of the molecule is Cc1noc(NC(=O)c2ccc(C#CCN)s2)c1C.